The lowest BCUT2D eigenvalue weighted by atomic mass is 10.2. The van der Waals surface area contributed by atoms with E-state index in [2.05, 4.69) is 10.3 Å². The van der Waals surface area contributed by atoms with Crippen molar-refractivity contribution in [1.82, 2.24) is 15.2 Å². The summed E-state index contributed by atoms with van der Waals surface area (Å²) in [6.07, 6.45) is 1.77. The van der Waals surface area contributed by atoms with Gasteiger partial charge in [0.15, 0.2) is 0 Å². The molecule has 0 aliphatic heterocycles. The number of aromatic nitrogens is 1. The minimum atomic E-state index is 0.0413. The van der Waals surface area contributed by atoms with E-state index in [1.54, 1.807) is 22.9 Å². The van der Waals surface area contributed by atoms with Gasteiger partial charge in [0.2, 0.25) is 0 Å². The summed E-state index contributed by atoms with van der Waals surface area (Å²) in [6.45, 7) is 1.48. The van der Waals surface area contributed by atoms with Gasteiger partial charge in [-0.15, -0.1) is 0 Å². The van der Waals surface area contributed by atoms with Crippen LogP contribution in [0.5, 0.6) is 0 Å². The van der Waals surface area contributed by atoms with Crippen molar-refractivity contribution in [3.63, 3.8) is 0 Å². The largest absolute Gasteiger partial charge is 0.340 e. The van der Waals surface area contributed by atoms with Crippen LogP contribution in [0.4, 0.5) is 0 Å². The van der Waals surface area contributed by atoms with Gasteiger partial charge >= 0.3 is 0 Å². The van der Waals surface area contributed by atoms with Crippen LogP contribution in [0.15, 0.2) is 58.6 Å². The van der Waals surface area contributed by atoms with Crippen LogP contribution in [0.25, 0.3) is 0 Å². The Bertz CT molecular complexity index is 572. The van der Waals surface area contributed by atoms with Crippen molar-refractivity contribution in [2.75, 3.05) is 27.2 Å². The molecular formula is C16H19N3OS. The van der Waals surface area contributed by atoms with E-state index in [9.17, 15) is 4.79 Å². The van der Waals surface area contributed by atoms with Gasteiger partial charge in [-0.2, -0.15) is 0 Å². The van der Waals surface area contributed by atoms with Crippen molar-refractivity contribution in [1.29, 1.82) is 0 Å². The predicted molar refractivity (Wildman–Crippen MR) is 85.7 cm³/mol. The highest BCUT2D eigenvalue weighted by Crippen LogP contribution is 2.25. The van der Waals surface area contributed by atoms with Crippen LogP contribution in [0.3, 0.4) is 0 Å². The summed E-state index contributed by atoms with van der Waals surface area (Å²) in [5, 5.41) is 3.98. The molecule has 0 fully saturated rings. The Hall–Kier alpha value is -1.85. The molecule has 1 amide bonds. The number of hydrogen-bond donors (Lipinski definition) is 1. The predicted octanol–water partition coefficient (Wildman–Crippen LogP) is 2.52. The average Bonchev–Trinajstić information content (AvgIpc) is 2.53. The highest BCUT2D eigenvalue weighted by Gasteiger charge is 2.10. The fourth-order valence-electron chi connectivity index (χ4n) is 1.80. The summed E-state index contributed by atoms with van der Waals surface area (Å²) < 4.78 is 0. The first-order chi connectivity index (χ1) is 10.2. The summed E-state index contributed by atoms with van der Waals surface area (Å²) in [6, 6.07) is 13.5. The van der Waals surface area contributed by atoms with Gasteiger partial charge in [-0.05, 0) is 43.4 Å². The van der Waals surface area contributed by atoms with Gasteiger partial charge in [-0.3, -0.25) is 4.79 Å². The molecule has 1 N–H and O–H groups in total. The molecule has 0 aliphatic carbocycles. The zero-order valence-electron chi connectivity index (χ0n) is 12.2. The maximum atomic E-state index is 12.2. The van der Waals surface area contributed by atoms with Crippen molar-refractivity contribution in [2.24, 2.45) is 0 Å². The van der Waals surface area contributed by atoms with Crippen LogP contribution in [0, 0.1) is 0 Å². The molecule has 0 bridgehead atoms. The van der Waals surface area contributed by atoms with Crippen molar-refractivity contribution in [3.05, 3.63) is 54.2 Å². The number of carbonyl (C=O) groups excluding carboxylic acids is 1. The SMILES string of the molecule is CNCCN(C)C(=O)c1ccc(Sc2ccccn2)cc1. The third-order valence-electron chi connectivity index (χ3n) is 3.01. The first-order valence-corrected chi connectivity index (χ1v) is 7.61. The smallest absolute Gasteiger partial charge is 0.253 e. The number of rotatable bonds is 6. The van der Waals surface area contributed by atoms with Gasteiger partial charge in [0, 0.05) is 36.8 Å². The van der Waals surface area contributed by atoms with Crippen LogP contribution in [-0.4, -0.2) is 43.0 Å². The molecule has 1 aromatic heterocycles. The number of likely N-dealkylation sites (N-methyl/N-ethyl adjacent to an activating group) is 2. The Balaban J connectivity index is 2.00. The summed E-state index contributed by atoms with van der Waals surface area (Å²) in [4.78, 5) is 19.3. The Morgan fingerprint density at radius 1 is 1.24 bits per heavy atom. The molecule has 21 heavy (non-hydrogen) atoms. The van der Waals surface area contributed by atoms with E-state index in [1.165, 1.54) is 0 Å². The monoisotopic (exact) mass is 301 g/mol. The molecule has 0 saturated carbocycles. The van der Waals surface area contributed by atoms with Crippen molar-refractivity contribution in [3.8, 4) is 0 Å². The van der Waals surface area contributed by atoms with Gasteiger partial charge in [-0.25, -0.2) is 4.98 Å². The number of hydrogen-bond acceptors (Lipinski definition) is 4. The number of nitrogens with zero attached hydrogens (tertiary/aromatic N) is 2. The molecule has 0 unspecified atom stereocenters. The molecule has 0 aliphatic rings. The van der Waals surface area contributed by atoms with Gasteiger partial charge in [0.05, 0.1) is 0 Å². The summed E-state index contributed by atoms with van der Waals surface area (Å²) in [7, 11) is 3.69. The Morgan fingerprint density at radius 3 is 2.62 bits per heavy atom. The van der Waals surface area contributed by atoms with E-state index >= 15 is 0 Å². The maximum absolute atomic E-state index is 12.2. The summed E-state index contributed by atoms with van der Waals surface area (Å²) in [5.41, 5.74) is 0.707. The lowest BCUT2D eigenvalue weighted by Crippen LogP contribution is -2.32. The van der Waals surface area contributed by atoms with E-state index in [0.29, 0.717) is 12.1 Å². The number of benzene rings is 1. The van der Waals surface area contributed by atoms with Crippen molar-refractivity contribution >= 4 is 17.7 Å². The third kappa shape index (κ3) is 4.58. The topological polar surface area (TPSA) is 45.2 Å². The Labute approximate surface area is 129 Å². The second kappa shape index (κ2) is 7.81. The third-order valence-corrected chi connectivity index (χ3v) is 3.96. The molecule has 1 heterocycles. The number of amides is 1. The van der Waals surface area contributed by atoms with Gasteiger partial charge in [0.1, 0.15) is 5.03 Å². The molecule has 0 atom stereocenters. The minimum absolute atomic E-state index is 0.0413. The zero-order valence-corrected chi connectivity index (χ0v) is 13.1. The van der Waals surface area contributed by atoms with Crippen LogP contribution in [0.1, 0.15) is 10.4 Å². The van der Waals surface area contributed by atoms with E-state index in [-0.39, 0.29) is 5.91 Å². The van der Waals surface area contributed by atoms with Crippen LogP contribution < -0.4 is 5.32 Å². The molecule has 0 saturated heterocycles. The quantitative estimate of drug-likeness (QED) is 0.890. The molecule has 2 rings (SSSR count). The van der Waals surface area contributed by atoms with Gasteiger partial charge in [0.25, 0.3) is 5.91 Å². The summed E-state index contributed by atoms with van der Waals surface area (Å²) in [5.74, 6) is 0.0413. The highest BCUT2D eigenvalue weighted by molar-refractivity contribution is 7.99. The molecule has 1 aromatic carbocycles. The fourth-order valence-corrected chi connectivity index (χ4v) is 2.57. The van der Waals surface area contributed by atoms with E-state index in [0.717, 1.165) is 16.5 Å². The average molecular weight is 301 g/mol. The van der Waals surface area contributed by atoms with Gasteiger partial charge < -0.3 is 10.2 Å². The van der Waals surface area contributed by atoms with E-state index in [4.69, 9.17) is 0 Å². The first kappa shape index (κ1) is 15.5. The van der Waals surface area contributed by atoms with Crippen molar-refractivity contribution < 1.29 is 4.79 Å². The second-order valence-corrected chi connectivity index (χ2v) is 5.72. The number of carbonyl (C=O) groups is 1. The highest BCUT2D eigenvalue weighted by atomic mass is 32.2. The molecule has 2 aromatic rings. The lowest BCUT2D eigenvalue weighted by molar-refractivity contribution is 0.0797. The molecule has 0 radical (unpaired) electrons. The number of nitrogens with one attached hydrogen (secondary N) is 1. The number of pyridine rings is 1. The lowest BCUT2D eigenvalue weighted by Gasteiger charge is -2.17. The fraction of sp³-hybridized carbons (Fsp3) is 0.250. The zero-order chi connectivity index (χ0) is 15.1. The molecule has 0 spiro atoms. The van der Waals surface area contributed by atoms with E-state index < -0.39 is 0 Å². The van der Waals surface area contributed by atoms with Crippen LogP contribution in [-0.2, 0) is 0 Å². The van der Waals surface area contributed by atoms with Crippen molar-refractivity contribution in [2.45, 2.75) is 9.92 Å². The second-order valence-electron chi connectivity index (χ2n) is 4.62. The molecule has 5 heteroatoms. The Kier molecular flexibility index (Phi) is 5.78. The van der Waals surface area contributed by atoms with Crippen LogP contribution in [0.2, 0.25) is 0 Å². The molecule has 4 nitrogen and oxygen atoms in total. The van der Waals surface area contributed by atoms with E-state index in [1.807, 2.05) is 56.6 Å². The van der Waals surface area contributed by atoms with Crippen LogP contribution >= 0.6 is 11.8 Å². The molecule has 110 valence electrons. The normalized spacial score (nSPS) is 10.4. The Morgan fingerprint density at radius 2 is 2.00 bits per heavy atom. The summed E-state index contributed by atoms with van der Waals surface area (Å²) >= 11 is 1.58. The standard InChI is InChI=1S/C16H19N3OS/c1-17-11-12-19(2)16(20)13-6-8-14(9-7-13)21-15-5-3-4-10-18-15/h3-10,17H,11-12H2,1-2H3. The first-order valence-electron chi connectivity index (χ1n) is 6.79. The molecular weight excluding hydrogens is 282 g/mol. The maximum Gasteiger partial charge on any atom is 0.253 e. The van der Waals surface area contributed by atoms with Gasteiger partial charge in [-0.1, -0.05) is 17.8 Å². The minimum Gasteiger partial charge on any atom is -0.340 e.